The second-order valence-corrected chi connectivity index (χ2v) is 6.40. The van der Waals surface area contributed by atoms with Gasteiger partial charge >= 0.3 is 0 Å². The molecule has 1 aliphatic rings. The Balaban J connectivity index is 1.69. The van der Waals surface area contributed by atoms with Crippen LogP contribution in [0.4, 0.5) is 0 Å². The Morgan fingerprint density at radius 3 is 2.95 bits per heavy atom. The van der Waals surface area contributed by atoms with Gasteiger partial charge in [-0.25, -0.2) is 0 Å². The molecule has 1 heterocycles. The predicted molar refractivity (Wildman–Crippen MR) is 83.0 cm³/mol. The van der Waals surface area contributed by atoms with E-state index in [1.165, 1.54) is 6.42 Å². The summed E-state index contributed by atoms with van der Waals surface area (Å²) in [4.78, 5) is 4.31. The Morgan fingerprint density at radius 1 is 1.48 bits per heavy atom. The van der Waals surface area contributed by atoms with E-state index in [1.54, 1.807) is 6.07 Å². The summed E-state index contributed by atoms with van der Waals surface area (Å²) in [5.41, 5.74) is 6.71. The zero-order valence-corrected chi connectivity index (χ0v) is 13.6. The second-order valence-electron chi connectivity index (χ2n) is 5.07. The minimum absolute atomic E-state index is 0.336. The summed E-state index contributed by atoms with van der Waals surface area (Å²) in [5, 5.41) is 4.46. The van der Waals surface area contributed by atoms with E-state index in [-0.39, 0.29) is 0 Å². The first-order valence-electron chi connectivity index (χ1n) is 6.79. The van der Waals surface area contributed by atoms with Crippen molar-refractivity contribution in [3.8, 4) is 11.5 Å². The molecule has 0 aliphatic heterocycles. The van der Waals surface area contributed by atoms with Crippen LogP contribution in [0.3, 0.4) is 0 Å². The molecule has 5 nitrogen and oxygen atoms in total. The Hall–Kier alpha value is -0.950. The van der Waals surface area contributed by atoms with Gasteiger partial charge in [0.05, 0.1) is 29.3 Å². The van der Waals surface area contributed by atoms with E-state index in [4.69, 9.17) is 26.6 Å². The average Bonchev–Trinajstić information content (AvgIpc) is 2.86. The molecule has 21 heavy (non-hydrogen) atoms. The van der Waals surface area contributed by atoms with Gasteiger partial charge in [-0.2, -0.15) is 4.98 Å². The third-order valence-corrected chi connectivity index (χ3v) is 4.30. The largest absolute Gasteiger partial charge is 0.376 e. The molecule has 0 saturated heterocycles. The van der Waals surface area contributed by atoms with Gasteiger partial charge in [0, 0.05) is 4.47 Å². The fourth-order valence-corrected chi connectivity index (χ4v) is 2.76. The van der Waals surface area contributed by atoms with E-state index in [0.29, 0.717) is 35.0 Å². The summed E-state index contributed by atoms with van der Waals surface area (Å²) >= 11 is 9.52. The van der Waals surface area contributed by atoms with Crippen LogP contribution in [-0.2, 0) is 4.74 Å². The molecule has 1 saturated carbocycles. The number of ether oxygens (including phenoxy) is 1. The van der Waals surface area contributed by atoms with Gasteiger partial charge in [0.2, 0.25) is 0 Å². The fourth-order valence-electron chi connectivity index (χ4n) is 2.01. The maximum Gasteiger partial charge on any atom is 0.259 e. The van der Waals surface area contributed by atoms with E-state index in [1.807, 2.05) is 12.1 Å². The number of benzene rings is 1. The van der Waals surface area contributed by atoms with Gasteiger partial charge in [0.25, 0.3) is 5.89 Å². The van der Waals surface area contributed by atoms with E-state index in [9.17, 15) is 0 Å². The number of nitrogens with two attached hydrogens (primary N) is 1. The lowest BCUT2D eigenvalue weighted by Gasteiger charge is -2.26. The molecule has 1 aliphatic carbocycles. The fraction of sp³-hybridized carbons (Fsp3) is 0.429. The van der Waals surface area contributed by atoms with Gasteiger partial charge in [-0.3, -0.25) is 0 Å². The van der Waals surface area contributed by atoms with Crippen molar-refractivity contribution in [1.29, 1.82) is 0 Å². The summed E-state index contributed by atoms with van der Waals surface area (Å²) in [5.74, 6) is 0.796. The zero-order chi connectivity index (χ0) is 14.8. The number of nitrogens with zero attached hydrogens (tertiary/aromatic N) is 2. The number of aromatic nitrogens is 2. The lowest BCUT2D eigenvalue weighted by molar-refractivity contribution is -0.00549. The van der Waals surface area contributed by atoms with Crippen LogP contribution in [0.25, 0.3) is 11.5 Å². The van der Waals surface area contributed by atoms with Crippen molar-refractivity contribution in [3.05, 3.63) is 33.5 Å². The predicted octanol–water partition coefficient (Wildman–Crippen LogP) is 3.72. The van der Waals surface area contributed by atoms with Crippen molar-refractivity contribution in [2.24, 2.45) is 5.73 Å². The van der Waals surface area contributed by atoms with E-state index in [2.05, 4.69) is 26.1 Å². The van der Waals surface area contributed by atoms with Crippen LogP contribution >= 0.6 is 27.5 Å². The number of hydrogen-bond donors (Lipinski definition) is 1. The van der Waals surface area contributed by atoms with Crippen molar-refractivity contribution >= 4 is 27.5 Å². The van der Waals surface area contributed by atoms with Crippen molar-refractivity contribution in [1.82, 2.24) is 10.1 Å². The summed E-state index contributed by atoms with van der Waals surface area (Å²) < 4.78 is 11.8. The van der Waals surface area contributed by atoms with Gasteiger partial charge < -0.3 is 15.0 Å². The van der Waals surface area contributed by atoms with Crippen LogP contribution < -0.4 is 5.73 Å². The molecule has 7 heteroatoms. The Bertz CT molecular complexity index is 630. The number of hydrogen-bond acceptors (Lipinski definition) is 5. The topological polar surface area (TPSA) is 74.2 Å². The normalized spacial score (nSPS) is 16.7. The monoisotopic (exact) mass is 371 g/mol. The van der Waals surface area contributed by atoms with Crippen molar-refractivity contribution < 1.29 is 9.26 Å². The third-order valence-electron chi connectivity index (χ3n) is 3.50. The molecule has 2 N–H and O–H groups in total. The quantitative estimate of drug-likeness (QED) is 0.866. The van der Waals surface area contributed by atoms with Crippen LogP contribution in [0, 0.1) is 0 Å². The van der Waals surface area contributed by atoms with Crippen LogP contribution in [0.5, 0.6) is 0 Å². The van der Waals surface area contributed by atoms with Crippen molar-refractivity contribution in [2.75, 3.05) is 6.61 Å². The first-order chi connectivity index (χ1) is 10.1. The minimum atomic E-state index is -0.391. The zero-order valence-electron chi connectivity index (χ0n) is 11.3. The highest BCUT2D eigenvalue weighted by atomic mass is 79.9. The summed E-state index contributed by atoms with van der Waals surface area (Å²) in [6.07, 6.45) is 3.79. The molecule has 0 radical (unpaired) electrons. The average molecular weight is 373 g/mol. The molecule has 1 aromatic heterocycles. The van der Waals surface area contributed by atoms with Crippen molar-refractivity contribution in [2.45, 2.75) is 31.4 Å². The van der Waals surface area contributed by atoms with Crippen LogP contribution in [-0.4, -0.2) is 22.9 Å². The van der Waals surface area contributed by atoms with Gasteiger partial charge in [-0.1, -0.05) is 32.7 Å². The highest BCUT2D eigenvalue weighted by molar-refractivity contribution is 9.10. The number of halogens is 2. The first kappa shape index (κ1) is 15.0. The second kappa shape index (κ2) is 6.44. The van der Waals surface area contributed by atoms with Gasteiger partial charge in [-0.15, -0.1) is 0 Å². The molecule has 3 rings (SSSR count). The smallest absolute Gasteiger partial charge is 0.259 e. The highest BCUT2D eigenvalue weighted by Gasteiger charge is 2.22. The molecule has 1 fully saturated rings. The Labute approximate surface area is 135 Å². The molecule has 112 valence electrons. The number of rotatable bonds is 5. The maximum absolute atomic E-state index is 6.17. The Morgan fingerprint density at radius 2 is 2.29 bits per heavy atom. The first-order valence-corrected chi connectivity index (χ1v) is 7.97. The standard InChI is InChI=1S/C14H15BrClN3O2/c15-8-4-5-10(11(16)6-8)14-18-13(19-21-14)12(17)7-20-9-2-1-3-9/h4-6,9,12H,1-3,7,17H2. The lowest BCUT2D eigenvalue weighted by atomic mass is 9.96. The molecule has 1 unspecified atom stereocenters. The van der Waals surface area contributed by atoms with Crippen molar-refractivity contribution in [3.63, 3.8) is 0 Å². The van der Waals surface area contributed by atoms with E-state index in [0.717, 1.165) is 17.3 Å². The van der Waals surface area contributed by atoms with Crippen LogP contribution in [0.2, 0.25) is 5.02 Å². The molecule has 0 spiro atoms. The minimum Gasteiger partial charge on any atom is -0.376 e. The summed E-state index contributed by atoms with van der Waals surface area (Å²) in [7, 11) is 0. The van der Waals surface area contributed by atoms with Crippen LogP contribution in [0.1, 0.15) is 31.1 Å². The molecule has 1 atom stereocenters. The van der Waals surface area contributed by atoms with Crippen LogP contribution in [0.15, 0.2) is 27.2 Å². The maximum atomic E-state index is 6.17. The highest BCUT2D eigenvalue weighted by Crippen LogP contribution is 2.30. The van der Waals surface area contributed by atoms with Gasteiger partial charge in [0.15, 0.2) is 5.82 Å². The summed E-state index contributed by atoms with van der Waals surface area (Å²) in [6.45, 7) is 0.401. The van der Waals surface area contributed by atoms with Gasteiger partial charge in [0.1, 0.15) is 0 Å². The van der Waals surface area contributed by atoms with E-state index >= 15 is 0 Å². The molecular weight excluding hydrogens is 358 g/mol. The van der Waals surface area contributed by atoms with E-state index < -0.39 is 6.04 Å². The molecular formula is C14H15BrClN3O2. The SMILES string of the molecule is NC(COC1CCC1)c1noc(-c2ccc(Br)cc2Cl)n1. The summed E-state index contributed by atoms with van der Waals surface area (Å²) in [6, 6.07) is 5.07. The Kier molecular flexibility index (Phi) is 4.59. The van der Waals surface area contributed by atoms with Gasteiger partial charge in [-0.05, 0) is 37.5 Å². The molecule has 0 amide bonds. The lowest BCUT2D eigenvalue weighted by Crippen LogP contribution is -2.27. The molecule has 0 bridgehead atoms. The molecule has 2 aromatic rings. The third kappa shape index (κ3) is 3.45. The molecule has 1 aromatic carbocycles.